The number of methoxy groups -OCH3 is 1. The first-order valence-electron chi connectivity index (χ1n) is 22.2. The van der Waals surface area contributed by atoms with E-state index in [0.29, 0.717) is 50.0 Å². The van der Waals surface area contributed by atoms with Crippen molar-refractivity contribution < 1.29 is 66.5 Å². The minimum atomic E-state index is -5.04. The SMILES string of the molecule is COc1ccc(Nc2ccc3c(O)c(N=Nc4ccc(N=Nc5ccc(N=Nc6ccc7c(OCCCS(=O)(=O)O)cc(S(=O)(=O)O)cc7c6)c6ccccc56)c5ccc(S(=O)(=O)O)cc45)c(S(=O)(=O)O)cc3c2)cc1. The zero-order valence-electron chi connectivity index (χ0n) is 39.1. The normalized spacial score (nSPS) is 12.8. The average Bonchev–Trinajstić information content (AvgIpc) is 3.38. The molecule has 9 aromatic rings. The van der Waals surface area contributed by atoms with Crippen LogP contribution in [-0.4, -0.2) is 76.5 Å². The first-order valence-corrected chi connectivity index (χ1v) is 28.1. The van der Waals surface area contributed by atoms with Gasteiger partial charge in [0, 0.05) is 49.8 Å². The summed E-state index contributed by atoms with van der Waals surface area (Å²) in [4.78, 5) is -1.79. The Balaban J connectivity index is 1.03. The Bertz CT molecular complexity index is 4390. The second-order valence-electron chi connectivity index (χ2n) is 16.7. The van der Waals surface area contributed by atoms with Gasteiger partial charge in [0.25, 0.3) is 40.5 Å². The zero-order chi connectivity index (χ0) is 54.2. The molecule has 0 aliphatic heterocycles. The molecule has 0 amide bonds. The number of phenols is 1. The fourth-order valence-corrected chi connectivity index (χ4v) is 10.2. The Morgan fingerprint density at radius 2 is 1.04 bits per heavy atom. The van der Waals surface area contributed by atoms with Crippen LogP contribution in [0, 0.1) is 0 Å². The maximum absolute atomic E-state index is 12.8. The molecule has 6 N–H and O–H groups in total. The largest absolute Gasteiger partial charge is 0.505 e. The van der Waals surface area contributed by atoms with Crippen LogP contribution in [0.5, 0.6) is 17.2 Å². The summed E-state index contributed by atoms with van der Waals surface area (Å²) in [7, 11) is -17.2. The molecule has 9 rings (SSSR count). The zero-order valence-corrected chi connectivity index (χ0v) is 42.4. The summed E-state index contributed by atoms with van der Waals surface area (Å²) in [6.45, 7) is -0.194. The lowest BCUT2D eigenvalue weighted by Gasteiger charge is -2.12. The van der Waals surface area contributed by atoms with E-state index in [9.17, 15) is 52.4 Å². The van der Waals surface area contributed by atoms with Crippen LogP contribution in [0.15, 0.2) is 191 Å². The second kappa shape index (κ2) is 20.8. The van der Waals surface area contributed by atoms with Crippen molar-refractivity contribution in [2.45, 2.75) is 21.1 Å². The Kier molecular flexibility index (Phi) is 14.3. The number of phenolic OH excluding ortho intramolecular Hbond substituents is 1. The Morgan fingerprint density at radius 1 is 0.487 bits per heavy atom. The van der Waals surface area contributed by atoms with Crippen LogP contribution in [0.4, 0.5) is 45.5 Å². The molecule has 0 aliphatic carbocycles. The lowest BCUT2D eigenvalue weighted by molar-refractivity contribution is 0.319. The number of fused-ring (bicyclic) bond motifs is 4. The smallest absolute Gasteiger partial charge is 0.296 e. The van der Waals surface area contributed by atoms with Crippen LogP contribution in [0.2, 0.25) is 0 Å². The first kappa shape index (κ1) is 52.5. The summed E-state index contributed by atoms with van der Waals surface area (Å²) < 4.78 is 147. The van der Waals surface area contributed by atoms with Crippen LogP contribution in [0.3, 0.4) is 0 Å². The fraction of sp³-hybridized carbons (Fsp3) is 0.0800. The molecule has 76 heavy (non-hydrogen) atoms. The summed E-state index contributed by atoms with van der Waals surface area (Å²) in [5.41, 5.74) is 1.73. The molecule has 0 fully saturated rings. The van der Waals surface area contributed by atoms with E-state index in [1.54, 1.807) is 84.9 Å². The van der Waals surface area contributed by atoms with Crippen molar-refractivity contribution >= 4 is 129 Å². The molecule has 0 radical (unpaired) electrons. The summed E-state index contributed by atoms with van der Waals surface area (Å²) in [5, 5.41) is 43.2. The molecule has 0 saturated heterocycles. The van der Waals surface area contributed by atoms with E-state index in [0.717, 1.165) is 24.3 Å². The van der Waals surface area contributed by atoms with Crippen LogP contribution >= 0.6 is 0 Å². The molecule has 0 aromatic heterocycles. The van der Waals surface area contributed by atoms with Gasteiger partial charge in [0.2, 0.25) is 0 Å². The predicted octanol–water partition coefficient (Wildman–Crippen LogP) is 12.4. The molecule has 0 heterocycles. The topological polar surface area (TPSA) is 342 Å². The van der Waals surface area contributed by atoms with Crippen molar-refractivity contribution in [2.24, 2.45) is 30.7 Å². The quantitative estimate of drug-likeness (QED) is 0.0280. The van der Waals surface area contributed by atoms with Gasteiger partial charge in [0.05, 0.1) is 57.7 Å². The number of ether oxygens (including phenoxy) is 2. The van der Waals surface area contributed by atoms with Crippen molar-refractivity contribution in [1.29, 1.82) is 0 Å². The average molecular weight is 1110 g/mol. The highest BCUT2D eigenvalue weighted by Crippen LogP contribution is 2.44. The molecule has 388 valence electrons. The molecule has 0 aliphatic rings. The van der Waals surface area contributed by atoms with Crippen molar-refractivity contribution in [1.82, 2.24) is 0 Å². The van der Waals surface area contributed by atoms with E-state index >= 15 is 0 Å². The highest BCUT2D eigenvalue weighted by Gasteiger charge is 2.23. The van der Waals surface area contributed by atoms with Gasteiger partial charge in [-0.05, 0) is 126 Å². The minimum Gasteiger partial charge on any atom is -0.505 e. The second-order valence-corrected chi connectivity index (χ2v) is 22.5. The van der Waals surface area contributed by atoms with Gasteiger partial charge in [0.1, 0.15) is 22.1 Å². The third-order valence-electron chi connectivity index (χ3n) is 11.6. The molecule has 0 atom stereocenters. The summed E-state index contributed by atoms with van der Waals surface area (Å²) in [6.07, 6.45) is -0.100. The maximum Gasteiger partial charge on any atom is 0.296 e. The standard InChI is InChI=1S/C50H39N7O15S4/c1-71-34-11-7-31(8-12-34)51-32-9-15-38-30(23-32)26-48(76(68,69)70)49(50(38)58)57-56-46-20-19-45(41-16-13-35(27-42(41)46)74(62,63)64)55-54-44-18-17-43(39-5-2-3-6-40(39)44)53-52-33-10-14-37-29(24-33)25-36(75(65,66)67)28-47(37)72-21-4-22-73(59,60)61/h2-3,5-20,23-28,51,58H,4,21-22H2,1H3,(H,59,60,61)(H,62,63,64)(H,65,66,67)(H,68,69,70). The van der Waals surface area contributed by atoms with Gasteiger partial charge < -0.3 is 19.9 Å². The summed E-state index contributed by atoms with van der Waals surface area (Å²) >= 11 is 0. The monoisotopic (exact) mass is 1110 g/mol. The number of aromatic hydroxyl groups is 1. The Morgan fingerprint density at radius 3 is 1.64 bits per heavy atom. The highest BCUT2D eigenvalue weighted by atomic mass is 32.2. The predicted molar refractivity (Wildman–Crippen MR) is 282 cm³/mol. The van der Waals surface area contributed by atoms with E-state index in [-0.39, 0.29) is 57.4 Å². The van der Waals surface area contributed by atoms with Crippen LogP contribution < -0.4 is 14.8 Å². The third-order valence-corrected chi connectivity index (χ3v) is 14.9. The molecule has 26 heteroatoms. The van der Waals surface area contributed by atoms with Crippen LogP contribution in [0.25, 0.3) is 43.1 Å². The molecule has 0 spiro atoms. The number of hydrogen-bond donors (Lipinski definition) is 6. The number of anilines is 2. The molecule has 0 bridgehead atoms. The summed E-state index contributed by atoms with van der Waals surface area (Å²) in [5.74, 6) is -0.560. The van der Waals surface area contributed by atoms with Crippen LogP contribution in [-0.2, 0) is 40.5 Å². The van der Waals surface area contributed by atoms with Gasteiger partial charge in [-0.25, -0.2) is 0 Å². The van der Waals surface area contributed by atoms with Crippen molar-refractivity contribution in [2.75, 3.05) is 24.8 Å². The van der Waals surface area contributed by atoms with Gasteiger partial charge in [-0.1, -0.05) is 30.3 Å². The molecule has 22 nitrogen and oxygen atoms in total. The number of rotatable bonds is 17. The molecular weight excluding hydrogens is 1070 g/mol. The van der Waals surface area contributed by atoms with Crippen molar-refractivity contribution in [3.8, 4) is 17.2 Å². The Hall–Kier alpha value is -8.34. The van der Waals surface area contributed by atoms with Crippen molar-refractivity contribution in [3.63, 3.8) is 0 Å². The number of nitrogens with zero attached hydrogens (tertiary/aromatic N) is 6. The van der Waals surface area contributed by atoms with E-state index < -0.39 is 72.3 Å². The first-order chi connectivity index (χ1) is 36.0. The van der Waals surface area contributed by atoms with Gasteiger partial charge >= 0.3 is 0 Å². The molecular formula is C50H39N7O15S4. The lowest BCUT2D eigenvalue weighted by atomic mass is 10.1. The van der Waals surface area contributed by atoms with E-state index in [1.165, 1.54) is 43.5 Å². The van der Waals surface area contributed by atoms with E-state index in [4.69, 9.17) is 14.0 Å². The molecule has 9 aromatic carbocycles. The van der Waals surface area contributed by atoms with E-state index in [1.807, 2.05) is 0 Å². The maximum atomic E-state index is 12.8. The number of hydrogen-bond acceptors (Lipinski definition) is 18. The fourth-order valence-electron chi connectivity index (χ4n) is 8.01. The molecule has 0 unspecified atom stereocenters. The van der Waals surface area contributed by atoms with Crippen molar-refractivity contribution in [3.05, 3.63) is 146 Å². The van der Waals surface area contributed by atoms with E-state index in [2.05, 4.69) is 36.0 Å². The number of azo groups is 3. The molecule has 0 saturated carbocycles. The highest BCUT2D eigenvalue weighted by molar-refractivity contribution is 7.86. The summed E-state index contributed by atoms with van der Waals surface area (Å²) in [6, 6.07) is 36.5. The van der Waals surface area contributed by atoms with Gasteiger partial charge in [-0.3, -0.25) is 18.2 Å². The third kappa shape index (κ3) is 11.8. The number of nitrogens with one attached hydrogen (secondary N) is 1. The van der Waals surface area contributed by atoms with Crippen LogP contribution in [0.1, 0.15) is 6.42 Å². The lowest BCUT2D eigenvalue weighted by Crippen LogP contribution is -2.09. The van der Waals surface area contributed by atoms with Gasteiger partial charge in [-0.2, -0.15) is 38.8 Å². The number of benzene rings is 9. The van der Waals surface area contributed by atoms with Gasteiger partial charge in [0.15, 0.2) is 5.75 Å². The minimum absolute atomic E-state index is 0.0297. The Labute approximate surface area is 432 Å². The van der Waals surface area contributed by atoms with Gasteiger partial charge in [-0.15, -0.1) is 25.6 Å².